The van der Waals surface area contributed by atoms with E-state index in [-0.39, 0.29) is 12.7 Å². The zero-order valence-electron chi connectivity index (χ0n) is 12.5. The topological polar surface area (TPSA) is 56.8 Å². The lowest BCUT2D eigenvalue weighted by atomic mass is 10.2. The second kappa shape index (κ2) is 5.97. The Morgan fingerprint density at radius 2 is 2.00 bits per heavy atom. The van der Waals surface area contributed by atoms with E-state index in [9.17, 15) is 4.79 Å². The molecule has 0 aromatic heterocycles. The fourth-order valence-corrected chi connectivity index (χ4v) is 2.17. The van der Waals surface area contributed by atoms with Gasteiger partial charge in [0, 0.05) is 11.8 Å². The number of amides is 1. The molecule has 22 heavy (non-hydrogen) atoms. The summed E-state index contributed by atoms with van der Waals surface area (Å²) in [7, 11) is 0. The van der Waals surface area contributed by atoms with Gasteiger partial charge >= 0.3 is 0 Å². The van der Waals surface area contributed by atoms with Crippen LogP contribution in [0.3, 0.4) is 0 Å². The Morgan fingerprint density at radius 1 is 1.18 bits per heavy atom. The molecule has 1 aliphatic rings. The summed E-state index contributed by atoms with van der Waals surface area (Å²) in [4.78, 5) is 12.2. The van der Waals surface area contributed by atoms with Gasteiger partial charge in [0.05, 0.1) is 0 Å². The fourth-order valence-electron chi connectivity index (χ4n) is 2.17. The van der Waals surface area contributed by atoms with E-state index < -0.39 is 6.10 Å². The molecule has 0 bridgehead atoms. The molecule has 0 unspecified atom stereocenters. The lowest BCUT2D eigenvalue weighted by Gasteiger charge is -2.15. The molecule has 5 nitrogen and oxygen atoms in total. The second-order valence-corrected chi connectivity index (χ2v) is 5.13. The van der Waals surface area contributed by atoms with Crippen LogP contribution in [0.15, 0.2) is 42.5 Å². The van der Waals surface area contributed by atoms with E-state index in [2.05, 4.69) is 5.32 Å². The summed E-state index contributed by atoms with van der Waals surface area (Å²) < 4.78 is 16.2. The Morgan fingerprint density at radius 3 is 2.82 bits per heavy atom. The lowest BCUT2D eigenvalue weighted by Crippen LogP contribution is -2.30. The number of hydrogen-bond acceptors (Lipinski definition) is 4. The molecule has 3 rings (SSSR count). The molecule has 1 heterocycles. The zero-order valence-corrected chi connectivity index (χ0v) is 12.5. The minimum absolute atomic E-state index is 0.205. The summed E-state index contributed by atoms with van der Waals surface area (Å²) in [5, 5.41) is 2.84. The van der Waals surface area contributed by atoms with E-state index in [1.165, 1.54) is 0 Å². The molecular weight excluding hydrogens is 282 g/mol. The van der Waals surface area contributed by atoms with Gasteiger partial charge in [0.15, 0.2) is 17.6 Å². The second-order valence-electron chi connectivity index (χ2n) is 5.13. The summed E-state index contributed by atoms with van der Waals surface area (Å²) in [6.07, 6.45) is -0.624. The van der Waals surface area contributed by atoms with Crippen molar-refractivity contribution in [1.29, 1.82) is 0 Å². The Hall–Kier alpha value is -2.69. The number of carbonyl (C=O) groups is 1. The molecule has 1 aliphatic heterocycles. The van der Waals surface area contributed by atoms with Crippen molar-refractivity contribution in [2.75, 3.05) is 12.1 Å². The van der Waals surface area contributed by atoms with Crippen molar-refractivity contribution < 1.29 is 19.0 Å². The van der Waals surface area contributed by atoms with Crippen LogP contribution in [0.1, 0.15) is 12.5 Å². The molecule has 0 saturated carbocycles. The highest BCUT2D eigenvalue weighted by Gasteiger charge is 2.18. The van der Waals surface area contributed by atoms with Crippen LogP contribution in [-0.4, -0.2) is 18.8 Å². The normalized spacial score (nSPS) is 13.5. The highest BCUT2D eigenvalue weighted by molar-refractivity contribution is 5.94. The fraction of sp³-hybridized carbons (Fsp3) is 0.235. The summed E-state index contributed by atoms with van der Waals surface area (Å²) in [5.41, 5.74) is 1.84. The number of benzene rings is 2. The molecule has 2 aromatic carbocycles. The molecule has 0 fully saturated rings. The molecule has 114 valence electrons. The van der Waals surface area contributed by atoms with Gasteiger partial charge in [-0.15, -0.1) is 0 Å². The third-order valence-corrected chi connectivity index (χ3v) is 3.31. The molecule has 0 radical (unpaired) electrons. The van der Waals surface area contributed by atoms with E-state index >= 15 is 0 Å². The minimum Gasteiger partial charge on any atom is -0.481 e. The van der Waals surface area contributed by atoms with Crippen molar-refractivity contribution in [3.8, 4) is 17.2 Å². The average molecular weight is 299 g/mol. The van der Waals surface area contributed by atoms with Crippen molar-refractivity contribution in [3.63, 3.8) is 0 Å². The zero-order chi connectivity index (χ0) is 15.5. The standard InChI is InChI=1S/C17H17NO4/c1-11-4-3-5-13(8-11)18-17(19)12(2)22-14-6-7-15-16(9-14)21-10-20-15/h3-9,12H,10H2,1-2H3,(H,18,19)/t12-/m0/s1. The predicted molar refractivity (Wildman–Crippen MR) is 82.5 cm³/mol. The van der Waals surface area contributed by atoms with Crippen molar-refractivity contribution in [2.24, 2.45) is 0 Å². The summed E-state index contributed by atoms with van der Waals surface area (Å²) in [5.74, 6) is 1.67. The van der Waals surface area contributed by atoms with Crippen LogP contribution in [0.5, 0.6) is 17.2 Å². The van der Waals surface area contributed by atoms with Crippen LogP contribution in [0.4, 0.5) is 5.69 Å². The van der Waals surface area contributed by atoms with E-state index in [4.69, 9.17) is 14.2 Å². The summed E-state index contributed by atoms with van der Waals surface area (Å²) >= 11 is 0. The van der Waals surface area contributed by atoms with Crippen LogP contribution < -0.4 is 19.5 Å². The van der Waals surface area contributed by atoms with E-state index in [1.807, 2.05) is 31.2 Å². The monoisotopic (exact) mass is 299 g/mol. The first-order chi connectivity index (χ1) is 10.6. The first-order valence-corrected chi connectivity index (χ1v) is 7.05. The lowest BCUT2D eigenvalue weighted by molar-refractivity contribution is -0.122. The third kappa shape index (κ3) is 3.14. The van der Waals surface area contributed by atoms with Gasteiger partial charge in [-0.2, -0.15) is 0 Å². The number of aryl methyl sites for hydroxylation is 1. The minimum atomic E-state index is -0.624. The first kappa shape index (κ1) is 14.3. The smallest absolute Gasteiger partial charge is 0.265 e. The summed E-state index contributed by atoms with van der Waals surface area (Å²) in [6, 6.07) is 12.9. The highest BCUT2D eigenvalue weighted by Crippen LogP contribution is 2.35. The Balaban J connectivity index is 1.63. The molecular formula is C17H17NO4. The van der Waals surface area contributed by atoms with Crippen molar-refractivity contribution in [3.05, 3.63) is 48.0 Å². The van der Waals surface area contributed by atoms with Gasteiger partial charge in [-0.3, -0.25) is 4.79 Å². The Kier molecular flexibility index (Phi) is 3.87. The number of carbonyl (C=O) groups excluding carboxylic acids is 1. The Bertz CT molecular complexity index is 699. The molecule has 0 saturated heterocycles. The maximum Gasteiger partial charge on any atom is 0.265 e. The molecule has 2 aromatic rings. The van der Waals surface area contributed by atoms with E-state index in [0.717, 1.165) is 11.3 Å². The van der Waals surface area contributed by atoms with Crippen LogP contribution in [0.25, 0.3) is 0 Å². The molecule has 5 heteroatoms. The number of rotatable bonds is 4. The van der Waals surface area contributed by atoms with Gasteiger partial charge in [-0.1, -0.05) is 12.1 Å². The van der Waals surface area contributed by atoms with Gasteiger partial charge in [0.1, 0.15) is 5.75 Å². The maximum absolute atomic E-state index is 12.2. The van der Waals surface area contributed by atoms with Gasteiger partial charge < -0.3 is 19.5 Å². The van der Waals surface area contributed by atoms with Gasteiger partial charge in [0.25, 0.3) is 5.91 Å². The Labute approximate surface area is 128 Å². The summed E-state index contributed by atoms with van der Waals surface area (Å²) in [6.45, 7) is 3.89. The molecule has 0 aliphatic carbocycles. The number of ether oxygens (including phenoxy) is 3. The molecule has 0 spiro atoms. The number of nitrogens with one attached hydrogen (secondary N) is 1. The van der Waals surface area contributed by atoms with Crippen LogP contribution >= 0.6 is 0 Å². The van der Waals surface area contributed by atoms with Crippen molar-refractivity contribution in [1.82, 2.24) is 0 Å². The van der Waals surface area contributed by atoms with E-state index in [0.29, 0.717) is 17.2 Å². The van der Waals surface area contributed by atoms with Crippen molar-refractivity contribution in [2.45, 2.75) is 20.0 Å². The van der Waals surface area contributed by atoms with E-state index in [1.54, 1.807) is 25.1 Å². The SMILES string of the molecule is Cc1cccc(NC(=O)[C@H](C)Oc2ccc3c(c2)OCO3)c1. The van der Waals surface area contributed by atoms with Crippen LogP contribution in [-0.2, 0) is 4.79 Å². The number of anilines is 1. The highest BCUT2D eigenvalue weighted by atomic mass is 16.7. The third-order valence-electron chi connectivity index (χ3n) is 3.31. The average Bonchev–Trinajstić information content (AvgIpc) is 2.94. The van der Waals surface area contributed by atoms with Gasteiger partial charge in [-0.25, -0.2) is 0 Å². The number of fused-ring (bicyclic) bond motifs is 1. The quantitative estimate of drug-likeness (QED) is 0.942. The largest absolute Gasteiger partial charge is 0.481 e. The first-order valence-electron chi connectivity index (χ1n) is 7.05. The van der Waals surface area contributed by atoms with Gasteiger partial charge in [-0.05, 0) is 43.7 Å². The molecule has 1 atom stereocenters. The predicted octanol–water partition coefficient (Wildman–Crippen LogP) is 3.13. The molecule has 1 N–H and O–H groups in total. The molecule has 1 amide bonds. The number of hydrogen-bond donors (Lipinski definition) is 1. The van der Waals surface area contributed by atoms with Crippen LogP contribution in [0.2, 0.25) is 0 Å². The maximum atomic E-state index is 12.2. The van der Waals surface area contributed by atoms with Crippen LogP contribution in [0, 0.1) is 6.92 Å². The van der Waals surface area contributed by atoms with Gasteiger partial charge in [0.2, 0.25) is 6.79 Å². The van der Waals surface area contributed by atoms with Crippen molar-refractivity contribution >= 4 is 11.6 Å².